The Labute approximate surface area is 150 Å². The minimum Gasteiger partial charge on any atom is -0.395 e. The quantitative estimate of drug-likeness (QED) is 0.834. The Kier molecular flexibility index (Phi) is 5.79. The zero-order valence-electron chi connectivity index (χ0n) is 15.7. The van der Waals surface area contributed by atoms with Crippen LogP contribution in [0.5, 0.6) is 0 Å². The van der Waals surface area contributed by atoms with Gasteiger partial charge in [-0.15, -0.1) is 0 Å². The van der Waals surface area contributed by atoms with Gasteiger partial charge in [0.25, 0.3) is 0 Å². The summed E-state index contributed by atoms with van der Waals surface area (Å²) < 4.78 is 2.26. The molecule has 0 saturated carbocycles. The number of fused-ring (bicyclic) bond motifs is 1. The highest BCUT2D eigenvalue weighted by molar-refractivity contribution is 5.85. The molecular formula is C20H31N3O2. The molecule has 5 heteroatoms. The van der Waals surface area contributed by atoms with Crippen molar-refractivity contribution in [3.63, 3.8) is 0 Å². The second kappa shape index (κ2) is 7.87. The zero-order valence-corrected chi connectivity index (χ0v) is 15.7. The number of aliphatic hydroxyl groups is 2. The van der Waals surface area contributed by atoms with Crippen molar-refractivity contribution < 1.29 is 10.2 Å². The number of rotatable bonds is 6. The van der Waals surface area contributed by atoms with Crippen LogP contribution in [0.3, 0.4) is 0 Å². The van der Waals surface area contributed by atoms with Crippen molar-refractivity contribution in [3.05, 3.63) is 35.0 Å². The van der Waals surface area contributed by atoms with Crippen LogP contribution in [0, 0.1) is 20.8 Å². The molecule has 1 fully saturated rings. The lowest BCUT2D eigenvalue weighted by Gasteiger charge is -2.35. The number of aromatic nitrogens is 1. The first kappa shape index (κ1) is 18.4. The molecule has 138 valence electrons. The highest BCUT2D eigenvalue weighted by Gasteiger charge is 2.20. The minimum absolute atomic E-state index is 0.224. The van der Waals surface area contributed by atoms with Crippen LogP contribution in [0.25, 0.3) is 10.9 Å². The molecule has 0 amide bonds. The van der Waals surface area contributed by atoms with Gasteiger partial charge >= 0.3 is 0 Å². The summed E-state index contributed by atoms with van der Waals surface area (Å²) in [6.07, 6.45) is -0.376. The first-order chi connectivity index (χ1) is 12.0. The van der Waals surface area contributed by atoms with Gasteiger partial charge in [-0.2, -0.15) is 0 Å². The van der Waals surface area contributed by atoms with Gasteiger partial charge in [0.15, 0.2) is 0 Å². The Morgan fingerprint density at radius 3 is 2.36 bits per heavy atom. The van der Waals surface area contributed by atoms with Gasteiger partial charge in [-0.1, -0.05) is 11.6 Å². The van der Waals surface area contributed by atoms with Gasteiger partial charge in [0.05, 0.1) is 19.3 Å². The number of piperazine rings is 1. The number of hydrogen-bond acceptors (Lipinski definition) is 4. The fraction of sp³-hybridized carbons (Fsp3) is 0.600. The van der Waals surface area contributed by atoms with E-state index in [1.54, 1.807) is 0 Å². The van der Waals surface area contributed by atoms with Crippen LogP contribution in [0.4, 0.5) is 0 Å². The Morgan fingerprint density at radius 1 is 1.00 bits per heavy atom. The predicted octanol–water partition coefficient (Wildman–Crippen LogP) is 1.54. The monoisotopic (exact) mass is 345 g/mol. The topological polar surface area (TPSA) is 51.9 Å². The lowest BCUT2D eigenvalue weighted by Crippen LogP contribution is -2.49. The Morgan fingerprint density at radius 2 is 1.68 bits per heavy atom. The van der Waals surface area contributed by atoms with Crippen LogP contribution in [-0.2, 0) is 6.54 Å². The van der Waals surface area contributed by atoms with E-state index in [1.165, 1.54) is 27.7 Å². The standard InChI is InChI=1S/C20H31N3O2/c1-15-4-5-20-19(12-15)16(2)17(3)23(20)14-18(25)13-22-8-6-21(7-9-22)10-11-24/h4-5,12,18,24-25H,6-11,13-14H2,1-3H3/t18-/m0/s1. The molecule has 0 bridgehead atoms. The third kappa shape index (κ3) is 4.06. The summed E-state index contributed by atoms with van der Waals surface area (Å²) in [5.74, 6) is 0. The number of nitrogens with zero attached hydrogens (tertiary/aromatic N) is 3. The molecule has 1 aliphatic heterocycles. The van der Waals surface area contributed by atoms with Gasteiger partial charge in [-0.25, -0.2) is 0 Å². The molecular weight excluding hydrogens is 314 g/mol. The van der Waals surface area contributed by atoms with Crippen LogP contribution in [-0.4, -0.2) is 76.6 Å². The van der Waals surface area contributed by atoms with Gasteiger partial charge in [0, 0.05) is 55.9 Å². The van der Waals surface area contributed by atoms with Crippen molar-refractivity contribution >= 4 is 10.9 Å². The molecule has 2 N–H and O–H groups in total. The molecule has 1 aromatic carbocycles. The van der Waals surface area contributed by atoms with E-state index < -0.39 is 0 Å². The molecule has 1 aromatic heterocycles. The molecule has 0 radical (unpaired) electrons. The van der Waals surface area contributed by atoms with E-state index in [1.807, 2.05) is 0 Å². The van der Waals surface area contributed by atoms with Crippen molar-refractivity contribution in [2.45, 2.75) is 33.4 Å². The largest absolute Gasteiger partial charge is 0.395 e. The van der Waals surface area contributed by atoms with Crippen LogP contribution in [0.1, 0.15) is 16.8 Å². The van der Waals surface area contributed by atoms with E-state index in [0.717, 1.165) is 32.7 Å². The van der Waals surface area contributed by atoms with E-state index >= 15 is 0 Å². The Balaban J connectivity index is 1.65. The maximum Gasteiger partial charge on any atom is 0.0845 e. The van der Waals surface area contributed by atoms with Crippen LogP contribution < -0.4 is 0 Å². The summed E-state index contributed by atoms with van der Waals surface area (Å²) in [6.45, 7) is 12.6. The zero-order chi connectivity index (χ0) is 18.0. The van der Waals surface area contributed by atoms with Crippen molar-refractivity contribution in [1.29, 1.82) is 0 Å². The van der Waals surface area contributed by atoms with E-state index in [9.17, 15) is 5.11 Å². The first-order valence-electron chi connectivity index (χ1n) is 9.29. The summed E-state index contributed by atoms with van der Waals surface area (Å²) >= 11 is 0. The Bertz CT molecular complexity index is 717. The minimum atomic E-state index is -0.376. The normalized spacial score (nSPS) is 18.1. The maximum absolute atomic E-state index is 10.7. The molecule has 2 aromatic rings. The van der Waals surface area contributed by atoms with Gasteiger partial charge in [0.2, 0.25) is 0 Å². The number of benzene rings is 1. The molecule has 25 heavy (non-hydrogen) atoms. The number of aliphatic hydroxyl groups excluding tert-OH is 2. The maximum atomic E-state index is 10.7. The molecule has 1 atom stereocenters. The van der Waals surface area contributed by atoms with Crippen LogP contribution >= 0.6 is 0 Å². The number of β-amino-alcohol motifs (C(OH)–C–C–N with tert-alkyl or cyclic N) is 2. The average Bonchev–Trinajstić information content (AvgIpc) is 2.81. The molecule has 5 nitrogen and oxygen atoms in total. The van der Waals surface area contributed by atoms with E-state index in [4.69, 9.17) is 5.11 Å². The molecule has 0 unspecified atom stereocenters. The van der Waals surface area contributed by atoms with Crippen LogP contribution in [0.15, 0.2) is 18.2 Å². The molecule has 1 saturated heterocycles. The van der Waals surface area contributed by atoms with Crippen LogP contribution in [0.2, 0.25) is 0 Å². The van der Waals surface area contributed by atoms with Crippen molar-refractivity contribution in [2.24, 2.45) is 0 Å². The lowest BCUT2D eigenvalue weighted by molar-refractivity contribution is 0.0594. The third-order valence-corrected chi connectivity index (χ3v) is 5.54. The summed E-state index contributed by atoms with van der Waals surface area (Å²) in [7, 11) is 0. The third-order valence-electron chi connectivity index (χ3n) is 5.54. The van der Waals surface area contributed by atoms with Gasteiger partial charge in [-0.05, 0) is 38.5 Å². The van der Waals surface area contributed by atoms with E-state index in [-0.39, 0.29) is 12.7 Å². The molecule has 2 heterocycles. The average molecular weight is 345 g/mol. The summed E-state index contributed by atoms with van der Waals surface area (Å²) in [5.41, 5.74) is 5.04. The smallest absolute Gasteiger partial charge is 0.0845 e. The SMILES string of the molecule is Cc1ccc2c(c1)c(C)c(C)n2C[C@@H](O)CN1CCN(CCO)CC1. The van der Waals surface area contributed by atoms with E-state index in [2.05, 4.69) is 53.3 Å². The van der Waals surface area contributed by atoms with Gasteiger partial charge in [-0.3, -0.25) is 9.80 Å². The molecule has 0 aliphatic carbocycles. The number of aryl methyl sites for hydroxylation is 2. The Hall–Kier alpha value is -1.40. The highest BCUT2D eigenvalue weighted by Crippen LogP contribution is 2.26. The summed E-state index contributed by atoms with van der Waals surface area (Å²) in [6, 6.07) is 6.55. The summed E-state index contributed by atoms with van der Waals surface area (Å²) in [5, 5.41) is 21.0. The second-order valence-electron chi connectivity index (χ2n) is 7.36. The van der Waals surface area contributed by atoms with E-state index in [0.29, 0.717) is 13.1 Å². The van der Waals surface area contributed by atoms with Crippen molar-refractivity contribution in [1.82, 2.24) is 14.4 Å². The molecule has 1 aliphatic rings. The second-order valence-corrected chi connectivity index (χ2v) is 7.36. The number of hydrogen-bond donors (Lipinski definition) is 2. The predicted molar refractivity (Wildman–Crippen MR) is 102 cm³/mol. The first-order valence-corrected chi connectivity index (χ1v) is 9.29. The summed E-state index contributed by atoms with van der Waals surface area (Å²) in [4.78, 5) is 4.61. The van der Waals surface area contributed by atoms with Gasteiger partial charge < -0.3 is 14.8 Å². The van der Waals surface area contributed by atoms with Crippen molar-refractivity contribution in [2.75, 3.05) is 45.9 Å². The molecule has 0 spiro atoms. The lowest BCUT2D eigenvalue weighted by atomic mass is 10.1. The fourth-order valence-corrected chi connectivity index (χ4v) is 3.90. The van der Waals surface area contributed by atoms with Gasteiger partial charge in [0.1, 0.15) is 0 Å². The van der Waals surface area contributed by atoms with Crippen molar-refractivity contribution in [3.8, 4) is 0 Å². The molecule has 3 rings (SSSR count). The highest BCUT2D eigenvalue weighted by atomic mass is 16.3. The fourth-order valence-electron chi connectivity index (χ4n) is 3.90.